The summed E-state index contributed by atoms with van der Waals surface area (Å²) in [5.41, 5.74) is -2.52. The van der Waals surface area contributed by atoms with E-state index < -0.39 is 45.9 Å². The molecule has 5 aliphatic carbocycles. The van der Waals surface area contributed by atoms with Gasteiger partial charge in [0.1, 0.15) is 0 Å². The molecule has 36 heavy (non-hydrogen) atoms. The first kappa shape index (κ1) is 26.6. The molecular formula is C30H48O6. The molecule has 0 amide bonds. The Labute approximate surface area is 216 Å². The molecule has 5 aliphatic rings. The maximum atomic E-state index is 12.8. The van der Waals surface area contributed by atoms with Crippen LogP contribution in [-0.2, 0) is 4.79 Å². The largest absolute Gasteiger partial charge is 0.481 e. The highest BCUT2D eigenvalue weighted by Gasteiger charge is 2.72. The van der Waals surface area contributed by atoms with Gasteiger partial charge in [-0.15, -0.1) is 0 Å². The molecule has 0 aromatic heterocycles. The van der Waals surface area contributed by atoms with Gasteiger partial charge in [0.15, 0.2) is 0 Å². The van der Waals surface area contributed by atoms with Gasteiger partial charge in [-0.2, -0.15) is 0 Å². The number of fused-ring (bicyclic) bond motifs is 7. The highest BCUT2D eigenvalue weighted by atomic mass is 16.4. The SMILES string of the molecule is C[C@@H]1CC[C@]2(C(=O)O)CC[C@]3(C)C(=CC[C@@H]4[C@]5(C)C(CC[C@]43C)C(C)(CO)[C@@H](O)C[C@@H]5O)[C@@H]2[C@]1(C)O. The van der Waals surface area contributed by atoms with Crippen molar-refractivity contribution < 1.29 is 30.3 Å². The van der Waals surface area contributed by atoms with Gasteiger partial charge in [-0.1, -0.05) is 46.3 Å². The van der Waals surface area contributed by atoms with E-state index in [2.05, 4.69) is 33.8 Å². The van der Waals surface area contributed by atoms with Crippen molar-refractivity contribution in [1.82, 2.24) is 0 Å². The van der Waals surface area contributed by atoms with Crippen LogP contribution in [0, 0.1) is 50.7 Å². The highest BCUT2D eigenvalue weighted by Crippen LogP contribution is 2.76. The van der Waals surface area contributed by atoms with Crippen LogP contribution in [0.5, 0.6) is 0 Å². The monoisotopic (exact) mass is 504 g/mol. The summed E-state index contributed by atoms with van der Waals surface area (Å²) in [5, 5.41) is 55.3. The second kappa shape index (κ2) is 7.80. The zero-order chi connectivity index (χ0) is 26.7. The topological polar surface area (TPSA) is 118 Å². The van der Waals surface area contributed by atoms with Crippen molar-refractivity contribution in [3.63, 3.8) is 0 Å². The number of carboxylic acids is 1. The highest BCUT2D eigenvalue weighted by molar-refractivity contribution is 5.77. The van der Waals surface area contributed by atoms with Crippen molar-refractivity contribution in [3.8, 4) is 0 Å². The third-order valence-electron chi connectivity index (χ3n) is 13.7. The molecule has 0 heterocycles. The normalized spacial score (nSPS) is 58.6. The van der Waals surface area contributed by atoms with Crippen LogP contribution >= 0.6 is 0 Å². The van der Waals surface area contributed by atoms with E-state index in [-0.39, 0.29) is 41.6 Å². The number of carboxylic acid groups (broad SMARTS) is 1. The quantitative estimate of drug-likeness (QED) is 0.361. The first-order valence-electron chi connectivity index (χ1n) is 14.2. The molecule has 4 fully saturated rings. The minimum Gasteiger partial charge on any atom is -0.481 e. The second-order valence-corrected chi connectivity index (χ2v) is 14.6. The average molecular weight is 505 g/mol. The predicted molar refractivity (Wildman–Crippen MR) is 137 cm³/mol. The van der Waals surface area contributed by atoms with E-state index in [1.807, 2.05) is 13.8 Å². The van der Waals surface area contributed by atoms with Crippen LogP contribution in [0.3, 0.4) is 0 Å². The number of carbonyl (C=O) groups is 1. The molecule has 5 N–H and O–H groups in total. The Bertz CT molecular complexity index is 974. The summed E-state index contributed by atoms with van der Waals surface area (Å²) in [6, 6.07) is 0. The van der Waals surface area contributed by atoms with E-state index in [9.17, 15) is 30.3 Å². The van der Waals surface area contributed by atoms with Crippen LogP contribution in [0.1, 0.15) is 92.9 Å². The first-order valence-corrected chi connectivity index (χ1v) is 14.2. The summed E-state index contributed by atoms with van der Waals surface area (Å²) < 4.78 is 0. The molecule has 0 saturated heterocycles. The average Bonchev–Trinajstić information content (AvgIpc) is 2.80. The third kappa shape index (κ3) is 2.85. The van der Waals surface area contributed by atoms with E-state index in [1.54, 1.807) is 0 Å². The first-order chi connectivity index (χ1) is 16.6. The standard InChI is InChI=1S/C30H48O6/c1-17-9-12-30(24(34)35)14-13-26(3)18(23(30)29(17,6)36)7-8-20-27(26,4)11-10-19-25(2,16-31)21(32)15-22(33)28(19,20)5/h7,17,19-23,31-33,36H,8-16H2,1-6H3,(H,34,35)/t17-,19?,20+,21+,22+,23-,25?,26-,27-,28+,29-,30+/m1/s1. The zero-order valence-corrected chi connectivity index (χ0v) is 23.0. The molecule has 0 aromatic carbocycles. The molecule has 6 nitrogen and oxygen atoms in total. The van der Waals surface area contributed by atoms with Gasteiger partial charge in [-0.25, -0.2) is 0 Å². The van der Waals surface area contributed by atoms with Crippen LogP contribution in [0.15, 0.2) is 11.6 Å². The van der Waals surface area contributed by atoms with E-state index in [4.69, 9.17) is 0 Å². The Hall–Kier alpha value is -0.950. The van der Waals surface area contributed by atoms with Crippen LogP contribution in [0.25, 0.3) is 0 Å². The van der Waals surface area contributed by atoms with Gasteiger partial charge in [0.2, 0.25) is 0 Å². The van der Waals surface area contributed by atoms with Crippen LogP contribution in [0.2, 0.25) is 0 Å². The summed E-state index contributed by atoms with van der Waals surface area (Å²) in [6.45, 7) is 12.6. The third-order valence-corrected chi connectivity index (χ3v) is 13.7. The zero-order valence-electron chi connectivity index (χ0n) is 23.0. The number of hydrogen-bond acceptors (Lipinski definition) is 5. The summed E-state index contributed by atoms with van der Waals surface area (Å²) in [4.78, 5) is 12.8. The molecule has 4 saturated carbocycles. The molecule has 0 aliphatic heterocycles. The number of aliphatic hydroxyl groups excluding tert-OH is 3. The lowest BCUT2D eigenvalue weighted by molar-refractivity contribution is -0.256. The molecule has 0 spiro atoms. The molecule has 2 unspecified atom stereocenters. The van der Waals surface area contributed by atoms with E-state index in [1.165, 1.54) is 0 Å². The summed E-state index contributed by atoms with van der Waals surface area (Å²) in [6.07, 6.45) is 6.16. The van der Waals surface area contributed by atoms with Crippen molar-refractivity contribution in [3.05, 3.63) is 11.6 Å². The Kier molecular flexibility index (Phi) is 5.77. The number of rotatable bonds is 2. The maximum Gasteiger partial charge on any atom is 0.310 e. The van der Waals surface area contributed by atoms with Gasteiger partial charge in [-0.3, -0.25) is 4.79 Å². The molecule has 6 heteroatoms. The lowest BCUT2D eigenvalue weighted by atomic mass is 9.32. The number of aliphatic carboxylic acids is 1. The van der Waals surface area contributed by atoms with E-state index >= 15 is 0 Å². The van der Waals surface area contributed by atoms with Gasteiger partial charge in [0, 0.05) is 23.2 Å². The lowest BCUT2D eigenvalue weighted by Gasteiger charge is -2.72. The smallest absolute Gasteiger partial charge is 0.310 e. The summed E-state index contributed by atoms with van der Waals surface area (Å²) in [5.74, 6) is -1.06. The van der Waals surface area contributed by atoms with Crippen molar-refractivity contribution in [2.75, 3.05) is 6.61 Å². The molecule has 0 aromatic rings. The minimum absolute atomic E-state index is 0.00936. The van der Waals surface area contributed by atoms with Gasteiger partial charge >= 0.3 is 5.97 Å². The number of aliphatic hydroxyl groups is 4. The maximum absolute atomic E-state index is 12.8. The molecule has 204 valence electrons. The van der Waals surface area contributed by atoms with Gasteiger partial charge in [0.05, 0.1) is 29.8 Å². The molecule has 0 bridgehead atoms. The Morgan fingerprint density at radius 1 is 0.972 bits per heavy atom. The molecular weight excluding hydrogens is 456 g/mol. The van der Waals surface area contributed by atoms with E-state index in [0.717, 1.165) is 31.3 Å². The van der Waals surface area contributed by atoms with Crippen LogP contribution in [-0.4, -0.2) is 55.9 Å². The van der Waals surface area contributed by atoms with Gasteiger partial charge < -0.3 is 25.5 Å². The Morgan fingerprint density at radius 2 is 1.64 bits per heavy atom. The van der Waals surface area contributed by atoms with Crippen LogP contribution in [0.4, 0.5) is 0 Å². The number of hydrogen-bond donors (Lipinski definition) is 5. The predicted octanol–water partition coefficient (Wildman–Crippen LogP) is 4.15. The van der Waals surface area contributed by atoms with Crippen molar-refractivity contribution >= 4 is 5.97 Å². The number of allylic oxidation sites excluding steroid dienone is 1. The summed E-state index contributed by atoms with van der Waals surface area (Å²) in [7, 11) is 0. The fourth-order valence-electron chi connectivity index (χ4n) is 10.8. The van der Waals surface area contributed by atoms with Crippen LogP contribution < -0.4 is 0 Å². The molecule has 12 atom stereocenters. The lowest BCUT2D eigenvalue weighted by Crippen LogP contribution is -2.70. The Morgan fingerprint density at radius 3 is 2.25 bits per heavy atom. The van der Waals surface area contributed by atoms with Crippen molar-refractivity contribution in [1.29, 1.82) is 0 Å². The molecule has 5 rings (SSSR count). The van der Waals surface area contributed by atoms with Gasteiger partial charge in [0.25, 0.3) is 0 Å². The Balaban J connectivity index is 1.66. The van der Waals surface area contributed by atoms with Gasteiger partial charge in [-0.05, 0) is 80.5 Å². The molecule has 0 radical (unpaired) electrons. The summed E-state index contributed by atoms with van der Waals surface area (Å²) >= 11 is 0. The second-order valence-electron chi connectivity index (χ2n) is 14.6. The van der Waals surface area contributed by atoms with Crippen molar-refractivity contribution in [2.24, 2.45) is 50.7 Å². The minimum atomic E-state index is -1.10. The fourth-order valence-corrected chi connectivity index (χ4v) is 10.8. The fraction of sp³-hybridized carbons (Fsp3) is 0.900. The van der Waals surface area contributed by atoms with E-state index in [0.29, 0.717) is 19.3 Å². The van der Waals surface area contributed by atoms with Crippen molar-refractivity contribution in [2.45, 2.75) is 111 Å².